The third-order valence-corrected chi connectivity index (χ3v) is 9.96. The predicted molar refractivity (Wildman–Crippen MR) is 153 cm³/mol. The first kappa shape index (κ1) is 29.3. The first-order valence-corrected chi connectivity index (χ1v) is 15.6. The molecule has 5 rings (SSSR count). The molecule has 1 aliphatic heterocycles. The fraction of sp³-hybridized carbons (Fsp3) is 0.517. The summed E-state index contributed by atoms with van der Waals surface area (Å²) in [4.78, 5) is 45.9. The largest absolute Gasteiger partial charge is 0.472 e. The highest BCUT2D eigenvalue weighted by molar-refractivity contribution is 7.90. The van der Waals surface area contributed by atoms with Gasteiger partial charge in [0.1, 0.15) is 11.7 Å². The molecule has 2 amide bonds. The minimum Gasteiger partial charge on any atom is -0.472 e. The zero-order chi connectivity index (χ0) is 29.7. The van der Waals surface area contributed by atoms with Crippen LogP contribution in [0.2, 0.25) is 5.02 Å². The average molecular weight is 604 g/mol. The zero-order valence-corrected chi connectivity index (χ0v) is 24.8. The van der Waals surface area contributed by atoms with Crippen molar-refractivity contribution >= 4 is 50.2 Å². The Morgan fingerprint density at radius 2 is 1.95 bits per heavy atom. The Morgan fingerprint density at radius 3 is 2.59 bits per heavy atom. The van der Waals surface area contributed by atoms with Crippen molar-refractivity contribution in [1.82, 2.24) is 14.6 Å². The van der Waals surface area contributed by atoms with Crippen LogP contribution < -0.4 is 9.46 Å². The molecule has 0 spiro atoms. The quantitative estimate of drug-likeness (QED) is 0.417. The molecule has 2 aromatic rings. The number of likely N-dealkylation sites (tertiary alicyclic amines) is 1. The highest BCUT2D eigenvalue weighted by atomic mass is 35.5. The van der Waals surface area contributed by atoms with E-state index in [2.05, 4.69) is 16.3 Å². The van der Waals surface area contributed by atoms with Crippen LogP contribution in [0.1, 0.15) is 52.9 Å². The summed E-state index contributed by atoms with van der Waals surface area (Å²) in [5, 5.41) is 1.41. The monoisotopic (exact) mass is 603 g/mol. The molecule has 0 radical (unpaired) electrons. The second-order valence-electron chi connectivity index (χ2n) is 12.1. The van der Waals surface area contributed by atoms with E-state index in [4.69, 9.17) is 21.1 Å². The number of amides is 2. The van der Waals surface area contributed by atoms with Crippen molar-refractivity contribution in [3.05, 3.63) is 48.1 Å². The lowest BCUT2D eigenvalue weighted by molar-refractivity contribution is -0.131. The second-order valence-corrected chi connectivity index (χ2v) is 14.5. The number of ketones is 1. The van der Waals surface area contributed by atoms with Gasteiger partial charge in [0.15, 0.2) is 5.78 Å². The molecule has 0 bridgehead atoms. The van der Waals surface area contributed by atoms with E-state index >= 15 is 0 Å². The molecule has 1 N–H and O–H groups in total. The number of fused-ring (bicyclic) bond motifs is 1. The fourth-order valence-corrected chi connectivity index (χ4v) is 7.03. The summed E-state index contributed by atoms with van der Waals surface area (Å²) in [6.07, 6.45) is 3.09. The van der Waals surface area contributed by atoms with Gasteiger partial charge in [0.25, 0.3) is 0 Å². The number of halogens is 1. The van der Waals surface area contributed by atoms with Crippen LogP contribution in [-0.4, -0.2) is 65.6 Å². The summed E-state index contributed by atoms with van der Waals surface area (Å²) >= 11 is 6.34. The van der Waals surface area contributed by atoms with Crippen molar-refractivity contribution in [1.29, 1.82) is 0 Å². The van der Waals surface area contributed by atoms with Crippen molar-refractivity contribution < 1.29 is 32.3 Å². The SMILES string of the molecule is C=C[C@@H]1C[C@]1(CC(=O)C1C[C@@H](Oc2nccc3c(Cl)cccc23)CN1C(=O)OC(C)(C)C)C(=O)NS(=O)(=O)C1CC1. The number of ether oxygens (including phenoxy) is 2. The topological polar surface area (TPSA) is 132 Å². The van der Waals surface area contributed by atoms with Gasteiger partial charge in [-0.15, -0.1) is 6.58 Å². The van der Waals surface area contributed by atoms with E-state index in [9.17, 15) is 22.8 Å². The lowest BCUT2D eigenvalue weighted by Crippen LogP contribution is -2.46. The molecule has 3 fully saturated rings. The number of rotatable bonds is 9. The van der Waals surface area contributed by atoms with Crippen LogP contribution in [0, 0.1) is 11.3 Å². The van der Waals surface area contributed by atoms with Crippen molar-refractivity contribution in [2.24, 2.45) is 11.3 Å². The van der Waals surface area contributed by atoms with Gasteiger partial charge in [0.05, 0.1) is 23.3 Å². The molecule has 3 aliphatic rings. The molecule has 220 valence electrons. The van der Waals surface area contributed by atoms with Gasteiger partial charge in [-0.2, -0.15) is 0 Å². The Morgan fingerprint density at radius 1 is 1.22 bits per heavy atom. The van der Waals surface area contributed by atoms with Gasteiger partial charge in [-0.25, -0.2) is 18.2 Å². The van der Waals surface area contributed by atoms with E-state index in [-0.39, 0.29) is 31.1 Å². The first-order valence-electron chi connectivity index (χ1n) is 13.6. The molecule has 12 heteroatoms. The lowest BCUT2D eigenvalue weighted by Gasteiger charge is -2.28. The molecule has 2 aliphatic carbocycles. The molecule has 10 nitrogen and oxygen atoms in total. The summed E-state index contributed by atoms with van der Waals surface area (Å²) in [5.74, 6) is -1.11. The lowest BCUT2D eigenvalue weighted by atomic mass is 9.91. The number of sulfonamides is 1. The van der Waals surface area contributed by atoms with Gasteiger partial charge in [-0.1, -0.05) is 23.7 Å². The Bertz CT molecular complexity index is 1520. The van der Waals surface area contributed by atoms with E-state index in [0.29, 0.717) is 35.6 Å². The van der Waals surface area contributed by atoms with Crippen LogP contribution in [0.4, 0.5) is 4.79 Å². The maximum Gasteiger partial charge on any atom is 0.411 e. The third-order valence-electron chi connectivity index (χ3n) is 7.82. The van der Waals surface area contributed by atoms with E-state index < -0.39 is 50.4 Å². The van der Waals surface area contributed by atoms with Crippen LogP contribution >= 0.6 is 11.6 Å². The third kappa shape index (κ3) is 6.06. The number of pyridine rings is 1. The number of benzene rings is 1. The average Bonchev–Trinajstić information content (AvgIpc) is 3.80. The van der Waals surface area contributed by atoms with Crippen molar-refractivity contribution in [3.63, 3.8) is 0 Å². The maximum atomic E-state index is 13.8. The fourth-order valence-electron chi connectivity index (χ4n) is 5.41. The van der Waals surface area contributed by atoms with E-state index in [1.54, 1.807) is 51.2 Å². The molecule has 2 heterocycles. The van der Waals surface area contributed by atoms with Crippen LogP contribution in [0.5, 0.6) is 5.88 Å². The summed E-state index contributed by atoms with van der Waals surface area (Å²) in [5.41, 5.74) is -2.03. The summed E-state index contributed by atoms with van der Waals surface area (Å²) in [7, 11) is -3.79. The smallest absolute Gasteiger partial charge is 0.411 e. The molecule has 1 saturated heterocycles. The predicted octanol–water partition coefficient (Wildman–Crippen LogP) is 4.40. The maximum absolute atomic E-state index is 13.8. The first-order chi connectivity index (χ1) is 19.2. The summed E-state index contributed by atoms with van der Waals surface area (Å²) in [6.45, 7) is 9.01. The number of hydrogen-bond donors (Lipinski definition) is 1. The number of allylic oxidation sites excluding steroid dienone is 1. The molecule has 1 aromatic heterocycles. The van der Waals surface area contributed by atoms with Crippen molar-refractivity contribution in [2.75, 3.05) is 6.54 Å². The minimum atomic E-state index is -3.79. The zero-order valence-electron chi connectivity index (χ0n) is 23.3. The van der Waals surface area contributed by atoms with Crippen LogP contribution in [0.3, 0.4) is 0 Å². The highest BCUT2D eigenvalue weighted by Crippen LogP contribution is 2.57. The number of Topliss-reactive ketones (excluding diaryl/α,β-unsaturated/α-hetero) is 1. The molecular weight excluding hydrogens is 570 g/mol. The summed E-state index contributed by atoms with van der Waals surface area (Å²) in [6, 6.07) is 6.21. The molecule has 1 aromatic carbocycles. The second kappa shape index (κ2) is 10.6. The van der Waals surface area contributed by atoms with E-state index in [1.165, 1.54) is 4.90 Å². The molecule has 41 heavy (non-hydrogen) atoms. The van der Waals surface area contributed by atoms with Crippen LogP contribution in [0.25, 0.3) is 10.8 Å². The number of carbonyl (C=O) groups is 3. The number of nitrogens with one attached hydrogen (secondary N) is 1. The normalized spacial score (nSPS) is 26.0. The highest BCUT2D eigenvalue weighted by Gasteiger charge is 2.61. The Balaban J connectivity index is 1.38. The molecule has 1 unspecified atom stereocenters. The number of carbonyl (C=O) groups excluding carboxylic acids is 3. The number of nitrogens with zero attached hydrogens (tertiary/aromatic N) is 2. The van der Waals surface area contributed by atoms with Gasteiger partial charge >= 0.3 is 6.09 Å². The van der Waals surface area contributed by atoms with Gasteiger partial charge in [-0.3, -0.25) is 19.2 Å². The van der Waals surface area contributed by atoms with Crippen LogP contribution in [0.15, 0.2) is 43.1 Å². The van der Waals surface area contributed by atoms with Crippen molar-refractivity contribution in [2.45, 2.75) is 75.9 Å². The van der Waals surface area contributed by atoms with Gasteiger partial charge in [0, 0.05) is 34.8 Å². The Kier molecular flexibility index (Phi) is 7.57. The van der Waals surface area contributed by atoms with Crippen LogP contribution in [-0.2, 0) is 24.3 Å². The number of aromatic nitrogens is 1. The standard InChI is InChI=1S/C29H34ClN3O7S/c1-5-17-14-29(17,26(35)32-41(37,38)19-9-10-19)15-24(34)23-13-18(16-33(23)27(36)40-28(2,3)4)39-25-21-7-6-8-22(30)20(21)11-12-31-25/h5-8,11-12,17-19,23H,1,9-10,13-16H2,2-4H3,(H,32,35)/t17-,18-,23?,29-/m1/s1. The molecule has 4 atom stereocenters. The minimum absolute atomic E-state index is 0.0596. The summed E-state index contributed by atoms with van der Waals surface area (Å²) < 4.78 is 39.0. The van der Waals surface area contributed by atoms with Crippen molar-refractivity contribution in [3.8, 4) is 5.88 Å². The molecule has 2 saturated carbocycles. The van der Waals surface area contributed by atoms with Gasteiger partial charge in [0.2, 0.25) is 21.8 Å². The Hall–Kier alpha value is -3.18. The van der Waals surface area contributed by atoms with Gasteiger partial charge in [-0.05, 0) is 64.2 Å². The molecular formula is C29H34ClN3O7S. The van der Waals surface area contributed by atoms with E-state index in [1.807, 2.05) is 6.07 Å². The van der Waals surface area contributed by atoms with Gasteiger partial charge < -0.3 is 9.47 Å². The number of hydrogen-bond acceptors (Lipinski definition) is 8. The Labute approximate surface area is 244 Å². The van der Waals surface area contributed by atoms with E-state index in [0.717, 1.165) is 5.39 Å².